The van der Waals surface area contributed by atoms with Gasteiger partial charge in [-0.25, -0.2) is 0 Å². The highest BCUT2D eigenvalue weighted by molar-refractivity contribution is 4.78. The number of hydrogen-bond acceptors (Lipinski definition) is 3. The molecule has 0 saturated heterocycles. The van der Waals surface area contributed by atoms with Crippen LogP contribution in [0.25, 0.3) is 0 Å². The van der Waals surface area contributed by atoms with Crippen LogP contribution in [0.4, 0.5) is 0 Å². The van der Waals surface area contributed by atoms with Gasteiger partial charge in [0.15, 0.2) is 0 Å². The molecule has 1 aliphatic carbocycles. The second-order valence-electron chi connectivity index (χ2n) is 4.86. The summed E-state index contributed by atoms with van der Waals surface area (Å²) in [5, 5.41) is 12.8. The molecule has 2 atom stereocenters. The molecule has 1 fully saturated rings. The fourth-order valence-electron chi connectivity index (χ4n) is 2.69. The second-order valence-corrected chi connectivity index (χ2v) is 4.86. The van der Waals surface area contributed by atoms with Gasteiger partial charge in [-0.2, -0.15) is 0 Å². The number of rotatable bonds is 8. The molecule has 1 rings (SSSR count). The largest absolute Gasteiger partial charge is 0.396 e. The Morgan fingerprint density at radius 3 is 2.50 bits per heavy atom. The molecule has 0 radical (unpaired) electrons. The van der Waals surface area contributed by atoms with Gasteiger partial charge >= 0.3 is 0 Å². The van der Waals surface area contributed by atoms with Crippen LogP contribution in [-0.2, 0) is 0 Å². The molecule has 2 unspecified atom stereocenters. The minimum Gasteiger partial charge on any atom is -0.396 e. The maximum atomic E-state index is 9.22. The standard InChI is InChI=1S/C13H28N2O/c1-3-15(4-2)9-8-14-10-12-6-5-7-13(12)11-16/h12-14,16H,3-11H2,1-2H3. The van der Waals surface area contributed by atoms with E-state index in [1.54, 1.807) is 0 Å². The first kappa shape index (κ1) is 13.9. The van der Waals surface area contributed by atoms with Crippen molar-refractivity contribution in [2.75, 3.05) is 39.3 Å². The van der Waals surface area contributed by atoms with Crippen LogP contribution in [0, 0.1) is 11.8 Å². The maximum Gasteiger partial charge on any atom is 0.0462 e. The summed E-state index contributed by atoms with van der Waals surface area (Å²) in [6, 6.07) is 0. The van der Waals surface area contributed by atoms with E-state index in [4.69, 9.17) is 0 Å². The van der Waals surface area contributed by atoms with Crippen LogP contribution in [0.5, 0.6) is 0 Å². The van der Waals surface area contributed by atoms with E-state index in [9.17, 15) is 5.11 Å². The first-order valence-corrected chi connectivity index (χ1v) is 6.85. The highest BCUT2D eigenvalue weighted by atomic mass is 16.3. The van der Waals surface area contributed by atoms with Crippen molar-refractivity contribution in [2.45, 2.75) is 33.1 Å². The number of nitrogens with one attached hydrogen (secondary N) is 1. The summed E-state index contributed by atoms with van der Waals surface area (Å²) in [6.45, 7) is 10.4. The lowest BCUT2D eigenvalue weighted by Crippen LogP contribution is -2.35. The molecule has 0 aromatic heterocycles. The average Bonchev–Trinajstić information content (AvgIpc) is 2.77. The predicted octanol–water partition coefficient (Wildman–Crippen LogP) is 1.33. The normalized spacial score (nSPS) is 25.5. The summed E-state index contributed by atoms with van der Waals surface area (Å²) in [4.78, 5) is 2.44. The third kappa shape index (κ3) is 4.40. The Kier molecular flexibility index (Phi) is 7.01. The second kappa shape index (κ2) is 8.04. The Labute approximate surface area is 100 Å². The Hall–Kier alpha value is -0.120. The van der Waals surface area contributed by atoms with E-state index in [2.05, 4.69) is 24.1 Å². The van der Waals surface area contributed by atoms with Crippen molar-refractivity contribution in [3.8, 4) is 0 Å². The molecule has 0 bridgehead atoms. The third-order valence-electron chi connectivity index (χ3n) is 3.96. The van der Waals surface area contributed by atoms with Gasteiger partial charge < -0.3 is 15.3 Å². The molecule has 0 spiro atoms. The van der Waals surface area contributed by atoms with E-state index in [1.807, 2.05) is 0 Å². The minimum absolute atomic E-state index is 0.377. The van der Waals surface area contributed by atoms with Crippen molar-refractivity contribution >= 4 is 0 Å². The number of likely N-dealkylation sites (N-methyl/N-ethyl adjacent to an activating group) is 1. The Morgan fingerprint density at radius 1 is 1.19 bits per heavy atom. The Bertz CT molecular complexity index is 171. The molecule has 1 aliphatic rings. The molecular weight excluding hydrogens is 200 g/mol. The summed E-state index contributed by atoms with van der Waals surface area (Å²) in [5.74, 6) is 1.27. The number of nitrogens with zero attached hydrogens (tertiary/aromatic N) is 1. The first-order chi connectivity index (χ1) is 7.81. The summed E-state index contributed by atoms with van der Waals surface area (Å²) >= 11 is 0. The van der Waals surface area contributed by atoms with E-state index in [0.29, 0.717) is 18.4 Å². The molecule has 3 heteroatoms. The lowest BCUT2D eigenvalue weighted by Gasteiger charge is -2.21. The summed E-state index contributed by atoms with van der Waals surface area (Å²) in [5.41, 5.74) is 0. The number of aliphatic hydroxyl groups excluding tert-OH is 1. The molecule has 0 aromatic carbocycles. The molecule has 3 nitrogen and oxygen atoms in total. The van der Waals surface area contributed by atoms with E-state index < -0.39 is 0 Å². The molecule has 1 saturated carbocycles. The van der Waals surface area contributed by atoms with Crippen LogP contribution in [0.2, 0.25) is 0 Å². The zero-order chi connectivity index (χ0) is 11.8. The van der Waals surface area contributed by atoms with Crippen molar-refractivity contribution < 1.29 is 5.11 Å². The smallest absolute Gasteiger partial charge is 0.0462 e. The van der Waals surface area contributed by atoms with Crippen LogP contribution in [0.15, 0.2) is 0 Å². The predicted molar refractivity (Wildman–Crippen MR) is 68.6 cm³/mol. The molecule has 96 valence electrons. The van der Waals surface area contributed by atoms with Crippen LogP contribution in [-0.4, -0.2) is 49.3 Å². The van der Waals surface area contributed by atoms with Gasteiger partial charge in [0, 0.05) is 19.7 Å². The first-order valence-electron chi connectivity index (χ1n) is 6.85. The highest BCUT2D eigenvalue weighted by Crippen LogP contribution is 2.30. The average molecular weight is 228 g/mol. The lowest BCUT2D eigenvalue weighted by atomic mass is 9.97. The molecule has 16 heavy (non-hydrogen) atoms. The van der Waals surface area contributed by atoms with Crippen LogP contribution < -0.4 is 5.32 Å². The zero-order valence-electron chi connectivity index (χ0n) is 10.9. The van der Waals surface area contributed by atoms with Crippen molar-refractivity contribution in [1.82, 2.24) is 10.2 Å². The van der Waals surface area contributed by atoms with Crippen molar-refractivity contribution in [3.63, 3.8) is 0 Å². The van der Waals surface area contributed by atoms with E-state index in [-0.39, 0.29) is 0 Å². The Balaban J connectivity index is 2.06. The fourth-order valence-corrected chi connectivity index (χ4v) is 2.69. The van der Waals surface area contributed by atoms with Gasteiger partial charge in [0.05, 0.1) is 0 Å². The molecule has 0 aliphatic heterocycles. The van der Waals surface area contributed by atoms with Gasteiger partial charge in [-0.3, -0.25) is 0 Å². The molecule has 0 aromatic rings. The van der Waals surface area contributed by atoms with Crippen molar-refractivity contribution in [1.29, 1.82) is 0 Å². The van der Waals surface area contributed by atoms with Crippen molar-refractivity contribution in [2.24, 2.45) is 11.8 Å². The van der Waals surface area contributed by atoms with E-state index >= 15 is 0 Å². The van der Waals surface area contributed by atoms with Gasteiger partial charge in [0.2, 0.25) is 0 Å². The van der Waals surface area contributed by atoms with Crippen LogP contribution in [0.1, 0.15) is 33.1 Å². The molecular formula is C13H28N2O. The van der Waals surface area contributed by atoms with Crippen molar-refractivity contribution in [3.05, 3.63) is 0 Å². The van der Waals surface area contributed by atoms with Gasteiger partial charge in [-0.05, 0) is 44.3 Å². The topological polar surface area (TPSA) is 35.5 Å². The summed E-state index contributed by atoms with van der Waals surface area (Å²) in [7, 11) is 0. The minimum atomic E-state index is 0.377. The maximum absolute atomic E-state index is 9.22. The third-order valence-corrected chi connectivity index (χ3v) is 3.96. The van der Waals surface area contributed by atoms with Gasteiger partial charge in [-0.1, -0.05) is 20.3 Å². The van der Waals surface area contributed by atoms with Gasteiger partial charge in [0.25, 0.3) is 0 Å². The summed E-state index contributed by atoms with van der Waals surface area (Å²) in [6.07, 6.45) is 3.82. The molecule has 0 heterocycles. The molecule has 0 amide bonds. The van der Waals surface area contributed by atoms with E-state index in [0.717, 1.165) is 32.7 Å². The highest BCUT2D eigenvalue weighted by Gasteiger charge is 2.25. The number of hydrogen-bond donors (Lipinski definition) is 2. The quantitative estimate of drug-likeness (QED) is 0.615. The van der Waals surface area contributed by atoms with Crippen LogP contribution in [0.3, 0.4) is 0 Å². The number of aliphatic hydroxyl groups is 1. The SMILES string of the molecule is CCN(CC)CCNCC1CCCC1CO. The summed E-state index contributed by atoms with van der Waals surface area (Å²) < 4.78 is 0. The zero-order valence-corrected chi connectivity index (χ0v) is 10.9. The monoisotopic (exact) mass is 228 g/mol. The van der Waals surface area contributed by atoms with Gasteiger partial charge in [-0.15, -0.1) is 0 Å². The van der Waals surface area contributed by atoms with E-state index in [1.165, 1.54) is 19.3 Å². The van der Waals surface area contributed by atoms with Gasteiger partial charge in [0.1, 0.15) is 0 Å². The van der Waals surface area contributed by atoms with Crippen LogP contribution >= 0.6 is 0 Å². The molecule has 2 N–H and O–H groups in total. The Morgan fingerprint density at radius 2 is 1.88 bits per heavy atom. The fraction of sp³-hybridized carbons (Fsp3) is 1.00. The lowest BCUT2D eigenvalue weighted by molar-refractivity contribution is 0.191.